The number of benzene rings is 6. The molecule has 1 nitrogen and oxygen atoms in total. The van der Waals surface area contributed by atoms with Crippen molar-refractivity contribution in [1.29, 1.82) is 0 Å². The van der Waals surface area contributed by atoms with E-state index in [-0.39, 0.29) is 5.41 Å². The van der Waals surface area contributed by atoms with Crippen molar-refractivity contribution in [3.63, 3.8) is 0 Å². The molecule has 0 atom stereocenters. The molecule has 41 heavy (non-hydrogen) atoms. The van der Waals surface area contributed by atoms with Crippen LogP contribution in [0.25, 0.3) is 60.9 Å². The molecule has 2 heteroatoms. The normalized spacial score (nSPS) is 13.4. The molecule has 1 aromatic heterocycles. The highest BCUT2D eigenvalue weighted by Crippen LogP contribution is 2.51. The van der Waals surface area contributed by atoms with Crippen molar-refractivity contribution < 1.29 is 0 Å². The van der Waals surface area contributed by atoms with Gasteiger partial charge >= 0.3 is 0 Å². The van der Waals surface area contributed by atoms with Crippen LogP contribution in [0.1, 0.15) is 25.0 Å². The van der Waals surface area contributed by atoms with E-state index in [2.05, 4.69) is 168 Å². The molecule has 6 aromatic carbocycles. The highest BCUT2D eigenvalue weighted by atomic mass is 79.9. The first kappa shape index (κ1) is 24.4. The third-order valence-electron chi connectivity index (χ3n) is 8.87. The van der Waals surface area contributed by atoms with Gasteiger partial charge in [-0.05, 0) is 75.3 Å². The Labute approximate surface area is 248 Å². The Morgan fingerprint density at radius 3 is 2.00 bits per heavy atom. The number of fused-ring (bicyclic) bond motifs is 6. The predicted molar refractivity (Wildman–Crippen MR) is 177 cm³/mol. The maximum Gasteiger partial charge on any atom is 0.0547 e. The Morgan fingerprint density at radius 1 is 0.512 bits per heavy atom. The van der Waals surface area contributed by atoms with Crippen LogP contribution in [-0.4, -0.2) is 4.57 Å². The minimum absolute atomic E-state index is 0.0423. The van der Waals surface area contributed by atoms with Crippen LogP contribution >= 0.6 is 15.9 Å². The fraction of sp³-hybridized carbons (Fsp3) is 0.0769. The minimum Gasteiger partial charge on any atom is -0.309 e. The molecule has 0 radical (unpaired) electrons. The molecule has 0 unspecified atom stereocenters. The summed E-state index contributed by atoms with van der Waals surface area (Å²) in [5, 5.41) is 2.55. The fourth-order valence-corrected chi connectivity index (χ4v) is 7.12. The van der Waals surface area contributed by atoms with E-state index < -0.39 is 0 Å². The quantitative estimate of drug-likeness (QED) is 0.193. The first-order valence-corrected chi connectivity index (χ1v) is 14.9. The molecule has 0 saturated heterocycles. The lowest BCUT2D eigenvalue weighted by Crippen LogP contribution is -2.14. The Bertz CT molecular complexity index is 2130. The zero-order valence-electron chi connectivity index (χ0n) is 23.0. The molecular weight excluding hydrogens is 562 g/mol. The van der Waals surface area contributed by atoms with Crippen molar-refractivity contribution in [3.05, 3.63) is 149 Å². The topological polar surface area (TPSA) is 4.93 Å². The summed E-state index contributed by atoms with van der Waals surface area (Å²) < 4.78 is 3.58. The third-order valence-corrected chi connectivity index (χ3v) is 9.40. The van der Waals surface area contributed by atoms with Crippen LogP contribution in [0, 0.1) is 0 Å². The van der Waals surface area contributed by atoms with Gasteiger partial charge in [0.15, 0.2) is 0 Å². The van der Waals surface area contributed by atoms with Gasteiger partial charge < -0.3 is 4.57 Å². The molecule has 7 aromatic rings. The molecule has 1 aliphatic carbocycles. The van der Waals surface area contributed by atoms with E-state index in [4.69, 9.17) is 0 Å². The van der Waals surface area contributed by atoms with E-state index in [0.717, 1.165) is 4.47 Å². The highest BCUT2D eigenvalue weighted by Gasteiger charge is 2.37. The second-order valence-electron chi connectivity index (χ2n) is 11.5. The number of para-hydroxylation sites is 1. The van der Waals surface area contributed by atoms with Crippen molar-refractivity contribution in [2.45, 2.75) is 19.3 Å². The molecule has 0 spiro atoms. The van der Waals surface area contributed by atoms with Crippen molar-refractivity contribution in [2.75, 3.05) is 0 Å². The summed E-state index contributed by atoms with van der Waals surface area (Å²) in [5.74, 6) is 0. The second kappa shape index (κ2) is 9.06. The average Bonchev–Trinajstić information content (AvgIpc) is 3.46. The van der Waals surface area contributed by atoms with Gasteiger partial charge in [0.2, 0.25) is 0 Å². The van der Waals surface area contributed by atoms with Crippen LogP contribution in [-0.2, 0) is 5.41 Å². The SMILES string of the molecule is CC1(C)c2ccccc2-c2c(-n3c4ccccc4c4ccc(-c5cccc(-c6ccc(Br)cc6)c5)cc43)cccc21. The fourth-order valence-electron chi connectivity index (χ4n) is 6.85. The van der Waals surface area contributed by atoms with Gasteiger partial charge in [-0.2, -0.15) is 0 Å². The molecule has 1 aliphatic rings. The lowest BCUT2D eigenvalue weighted by molar-refractivity contribution is 0.660. The van der Waals surface area contributed by atoms with Gasteiger partial charge in [0.1, 0.15) is 0 Å². The number of aromatic nitrogens is 1. The number of halogens is 1. The largest absolute Gasteiger partial charge is 0.309 e. The monoisotopic (exact) mass is 589 g/mol. The highest BCUT2D eigenvalue weighted by molar-refractivity contribution is 9.10. The molecule has 0 N–H and O–H groups in total. The lowest BCUT2D eigenvalue weighted by atomic mass is 9.82. The van der Waals surface area contributed by atoms with Gasteiger partial charge in [0.25, 0.3) is 0 Å². The molecule has 0 saturated carbocycles. The van der Waals surface area contributed by atoms with E-state index in [9.17, 15) is 0 Å². The number of hydrogen-bond donors (Lipinski definition) is 0. The molecule has 0 amide bonds. The number of hydrogen-bond acceptors (Lipinski definition) is 0. The van der Waals surface area contributed by atoms with Gasteiger partial charge in [-0.1, -0.05) is 127 Å². The van der Waals surface area contributed by atoms with Crippen molar-refractivity contribution in [2.24, 2.45) is 0 Å². The molecule has 1 heterocycles. The third kappa shape index (κ3) is 3.67. The van der Waals surface area contributed by atoms with Crippen LogP contribution in [0.15, 0.2) is 138 Å². The maximum atomic E-state index is 3.56. The van der Waals surface area contributed by atoms with Gasteiger partial charge in [-0.3, -0.25) is 0 Å². The molecule has 8 rings (SSSR count). The van der Waals surface area contributed by atoms with Gasteiger partial charge in [0, 0.05) is 26.2 Å². The summed E-state index contributed by atoms with van der Waals surface area (Å²) >= 11 is 3.56. The van der Waals surface area contributed by atoms with E-state index in [1.165, 1.54) is 72.0 Å². The van der Waals surface area contributed by atoms with Gasteiger partial charge in [-0.25, -0.2) is 0 Å². The Morgan fingerprint density at radius 2 is 1.15 bits per heavy atom. The molecule has 0 fully saturated rings. The van der Waals surface area contributed by atoms with Crippen LogP contribution < -0.4 is 0 Å². The van der Waals surface area contributed by atoms with E-state index in [0.29, 0.717) is 0 Å². The van der Waals surface area contributed by atoms with Crippen molar-refractivity contribution in [3.8, 4) is 39.1 Å². The van der Waals surface area contributed by atoms with Crippen LogP contribution in [0.5, 0.6) is 0 Å². The smallest absolute Gasteiger partial charge is 0.0547 e. The minimum atomic E-state index is -0.0423. The summed E-state index contributed by atoms with van der Waals surface area (Å²) in [4.78, 5) is 0. The standard InChI is InChI=1S/C39H28BrN/c1-39(2)33-13-5-3-12-32(33)38-34(39)14-8-16-36(38)41-35-15-6-4-11-30(35)31-22-19-28(24-37(31)41)27-10-7-9-26(23-27)25-17-20-29(40)21-18-25/h3-24H,1-2H3. The van der Waals surface area contributed by atoms with Crippen LogP contribution in [0.4, 0.5) is 0 Å². The molecule has 0 bridgehead atoms. The van der Waals surface area contributed by atoms with E-state index >= 15 is 0 Å². The first-order chi connectivity index (χ1) is 20.0. The Kier molecular flexibility index (Phi) is 5.39. The van der Waals surface area contributed by atoms with E-state index in [1.54, 1.807) is 0 Å². The first-order valence-electron chi connectivity index (χ1n) is 14.1. The van der Waals surface area contributed by atoms with Gasteiger partial charge in [-0.15, -0.1) is 0 Å². The summed E-state index contributed by atoms with van der Waals surface area (Å²) in [7, 11) is 0. The average molecular weight is 591 g/mol. The summed E-state index contributed by atoms with van der Waals surface area (Å²) in [6.07, 6.45) is 0. The van der Waals surface area contributed by atoms with Crippen molar-refractivity contribution >= 4 is 37.7 Å². The van der Waals surface area contributed by atoms with Crippen LogP contribution in [0.2, 0.25) is 0 Å². The number of nitrogens with zero attached hydrogens (tertiary/aromatic N) is 1. The van der Waals surface area contributed by atoms with Gasteiger partial charge in [0.05, 0.1) is 16.7 Å². The molecule has 196 valence electrons. The Balaban J connectivity index is 1.38. The van der Waals surface area contributed by atoms with Crippen molar-refractivity contribution in [1.82, 2.24) is 4.57 Å². The maximum absolute atomic E-state index is 3.56. The van der Waals surface area contributed by atoms with E-state index in [1.807, 2.05) is 0 Å². The van der Waals surface area contributed by atoms with Crippen LogP contribution in [0.3, 0.4) is 0 Å². The zero-order chi connectivity index (χ0) is 27.7. The second-order valence-corrected chi connectivity index (χ2v) is 12.5. The summed E-state index contributed by atoms with van der Waals surface area (Å²) in [6.45, 7) is 4.70. The summed E-state index contributed by atoms with van der Waals surface area (Å²) in [6, 6.07) is 48.9. The Hall–Kier alpha value is -4.40. The molecular formula is C39H28BrN. The zero-order valence-corrected chi connectivity index (χ0v) is 24.6. The number of rotatable bonds is 3. The lowest BCUT2D eigenvalue weighted by Gasteiger charge is -2.22. The summed E-state index contributed by atoms with van der Waals surface area (Å²) in [5.41, 5.74) is 14.0. The molecule has 0 aliphatic heterocycles. The predicted octanol–water partition coefficient (Wildman–Crippen LogP) is 11.2.